The average molecular weight is 277 g/mol. The first-order valence-corrected chi connectivity index (χ1v) is 6.49. The van der Waals surface area contributed by atoms with Crippen molar-refractivity contribution >= 4 is 23.3 Å². The van der Waals surface area contributed by atoms with E-state index in [1.165, 1.54) is 0 Å². The molecule has 0 bridgehead atoms. The molecule has 1 aliphatic heterocycles. The summed E-state index contributed by atoms with van der Waals surface area (Å²) < 4.78 is 5.49. The van der Waals surface area contributed by atoms with E-state index in [4.69, 9.17) is 16.0 Å². The van der Waals surface area contributed by atoms with Gasteiger partial charge in [0.1, 0.15) is 11.8 Å². The minimum Gasteiger partial charge on any atom is -0.467 e. The maximum atomic E-state index is 12.1. The highest BCUT2D eigenvalue weighted by Crippen LogP contribution is 2.38. The Hall–Kier alpha value is -1.94. The average Bonchev–Trinajstić information content (AvgIpc) is 2.91. The lowest BCUT2D eigenvalue weighted by Crippen LogP contribution is -2.42. The minimum atomic E-state index is -0.234. The van der Waals surface area contributed by atoms with Crippen molar-refractivity contribution in [3.8, 4) is 0 Å². The third-order valence-corrected chi connectivity index (χ3v) is 3.51. The maximum absolute atomic E-state index is 12.1. The van der Waals surface area contributed by atoms with Crippen LogP contribution in [-0.4, -0.2) is 17.5 Å². The molecule has 19 heavy (non-hydrogen) atoms. The minimum absolute atomic E-state index is 0.126. The van der Waals surface area contributed by atoms with E-state index in [9.17, 15) is 4.79 Å². The number of hydrogen-bond acceptors (Lipinski definition) is 2. The summed E-state index contributed by atoms with van der Waals surface area (Å²) in [6, 6.07) is 8.78. The summed E-state index contributed by atoms with van der Waals surface area (Å²) in [7, 11) is 0. The van der Waals surface area contributed by atoms with Crippen molar-refractivity contribution in [2.75, 3.05) is 11.9 Å². The van der Waals surface area contributed by atoms with Crippen molar-refractivity contribution in [1.82, 2.24) is 4.90 Å². The van der Waals surface area contributed by atoms with Gasteiger partial charge in [0.25, 0.3) is 0 Å². The molecule has 2 amide bonds. The van der Waals surface area contributed by atoms with Gasteiger partial charge in [-0.05, 0) is 37.3 Å². The number of hydrogen-bond donors (Lipinski definition) is 1. The molecular formula is C14H13ClN2O2. The molecule has 0 saturated heterocycles. The van der Waals surface area contributed by atoms with Crippen LogP contribution in [0.1, 0.15) is 24.3 Å². The lowest BCUT2D eigenvalue weighted by atomic mass is 9.98. The molecule has 1 unspecified atom stereocenters. The molecule has 0 radical (unpaired) electrons. The number of amides is 2. The Morgan fingerprint density at radius 3 is 2.95 bits per heavy atom. The van der Waals surface area contributed by atoms with Gasteiger partial charge >= 0.3 is 6.03 Å². The molecule has 1 aliphatic rings. The van der Waals surface area contributed by atoms with Crippen LogP contribution in [-0.2, 0) is 0 Å². The topological polar surface area (TPSA) is 45.5 Å². The number of nitrogens with zero attached hydrogens (tertiary/aromatic N) is 1. The summed E-state index contributed by atoms with van der Waals surface area (Å²) in [5.74, 6) is 0.736. The van der Waals surface area contributed by atoms with E-state index in [0.29, 0.717) is 11.6 Å². The van der Waals surface area contributed by atoms with E-state index in [0.717, 1.165) is 17.0 Å². The van der Waals surface area contributed by atoms with Gasteiger partial charge in [0.2, 0.25) is 0 Å². The summed E-state index contributed by atoms with van der Waals surface area (Å²) in [5, 5.41) is 3.51. The Morgan fingerprint density at radius 1 is 1.42 bits per heavy atom. The maximum Gasteiger partial charge on any atom is 0.322 e. The first kappa shape index (κ1) is 12.1. The first-order valence-electron chi connectivity index (χ1n) is 6.11. The van der Waals surface area contributed by atoms with Gasteiger partial charge in [-0.1, -0.05) is 11.6 Å². The summed E-state index contributed by atoms with van der Waals surface area (Å²) >= 11 is 6.07. The first-order chi connectivity index (χ1) is 9.20. The molecule has 2 heterocycles. The van der Waals surface area contributed by atoms with E-state index >= 15 is 0 Å². The number of furan rings is 1. The fourth-order valence-corrected chi connectivity index (χ4v) is 2.61. The molecule has 1 atom stereocenters. The Labute approximate surface area is 116 Å². The van der Waals surface area contributed by atoms with Crippen molar-refractivity contribution in [3.63, 3.8) is 0 Å². The second-order valence-corrected chi connectivity index (χ2v) is 4.80. The van der Waals surface area contributed by atoms with Crippen LogP contribution in [0.2, 0.25) is 5.02 Å². The Bertz CT molecular complexity index is 610. The number of carbonyl (C=O) groups excluding carboxylic acids is 1. The van der Waals surface area contributed by atoms with Crippen LogP contribution in [0.3, 0.4) is 0 Å². The largest absolute Gasteiger partial charge is 0.467 e. The normalized spacial score (nSPS) is 18.1. The molecule has 5 heteroatoms. The fraction of sp³-hybridized carbons (Fsp3) is 0.214. The second kappa shape index (κ2) is 4.63. The van der Waals surface area contributed by atoms with Crippen molar-refractivity contribution in [1.29, 1.82) is 0 Å². The van der Waals surface area contributed by atoms with Gasteiger partial charge in [0.15, 0.2) is 0 Å². The SMILES string of the molecule is CCN1C(=O)Nc2ccc(Cl)cc2C1c1ccco1. The lowest BCUT2D eigenvalue weighted by molar-refractivity contribution is 0.191. The Balaban J connectivity index is 2.17. The number of benzene rings is 1. The number of anilines is 1. The van der Waals surface area contributed by atoms with Crippen LogP contribution in [0, 0.1) is 0 Å². The fourth-order valence-electron chi connectivity index (χ4n) is 2.43. The molecule has 4 nitrogen and oxygen atoms in total. The van der Waals surface area contributed by atoms with Gasteiger partial charge in [0.05, 0.1) is 6.26 Å². The van der Waals surface area contributed by atoms with Gasteiger partial charge in [-0.2, -0.15) is 0 Å². The van der Waals surface area contributed by atoms with Crippen LogP contribution in [0.15, 0.2) is 41.0 Å². The van der Waals surface area contributed by atoms with Crippen LogP contribution in [0.4, 0.5) is 10.5 Å². The van der Waals surface area contributed by atoms with Gasteiger partial charge in [-0.25, -0.2) is 4.79 Å². The molecule has 3 rings (SSSR count). The highest BCUT2D eigenvalue weighted by atomic mass is 35.5. The number of nitrogens with one attached hydrogen (secondary N) is 1. The predicted molar refractivity (Wildman–Crippen MR) is 73.4 cm³/mol. The summed E-state index contributed by atoms with van der Waals surface area (Å²) in [5.41, 5.74) is 1.73. The quantitative estimate of drug-likeness (QED) is 0.904. The van der Waals surface area contributed by atoms with E-state index in [1.807, 2.05) is 31.2 Å². The van der Waals surface area contributed by atoms with E-state index in [1.54, 1.807) is 17.2 Å². The zero-order chi connectivity index (χ0) is 13.4. The zero-order valence-electron chi connectivity index (χ0n) is 10.4. The molecule has 1 aromatic carbocycles. The van der Waals surface area contributed by atoms with Crippen molar-refractivity contribution in [2.45, 2.75) is 13.0 Å². The number of halogens is 1. The van der Waals surface area contributed by atoms with Crippen LogP contribution in [0.25, 0.3) is 0 Å². The van der Waals surface area contributed by atoms with E-state index in [2.05, 4.69) is 5.32 Å². The Morgan fingerprint density at radius 2 is 2.26 bits per heavy atom. The van der Waals surface area contributed by atoms with Crippen molar-refractivity contribution < 1.29 is 9.21 Å². The summed E-state index contributed by atoms with van der Waals surface area (Å²) in [6.07, 6.45) is 1.61. The number of fused-ring (bicyclic) bond motifs is 1. The molecular weight excluding hydrogens is 264 g/mol. The van der Waals surface area contributed by atoms with Crippen molar-refractivity contribution in [3.05, 3.63) is 52.9 Å². The molecule has 1 aromatic heterocycles. The molecule has 0 fully saturated rings. The smallest absolute Gasteiger partial charge is 0.322 e. The summed E-state index contributed by atoms with van der Waals surface area (Å²) in [4.78, 5) is 13.8. The Kier molecular flexibility index (Phi) is 2.95. The number of urea groups is 1. The number of carbonyl (C=O) groups is 1. The molecule has 1 N–H and O–H groups in total. The molecule has 98 valence electrons. The molecule has 0 aliphatic carbocycles. The highest BCUT2D eigenvalue weighted by molar-refractivity contribution is 6.30. The zero-order valence-corrected chi connectivity index (χ0v) is 11.1. The van der Waals surface area contributed by atoms with Gasteiger partial charge in [-0.15, -0.1) is 0 Å². The third-order valence-electron chi connectivity index (χ3n) is 3.28. The second-order valence-electron chi connectivity index (χ2n) is 4.37. The molecule has 0 saturated carbocycles. The number of rotatable bonds is 2. The lowest BCUT2D eigenvalue weighted by Gasteiger charge is -2.35. The van der Waals surface area contributed by atoms with Gasteiger partial charge < -0.3 is 14.6 Å². The van der Waals surface area contributed by atoms with Crippen LogP contribution >= 0.6 is 11.6 Å². The van der Waals surface area contributed by atoms with Gasteiger partial charge in [-0.3, -0.25) is 0 Å². The van der Waals surface area contributed by atoms with Crippen molar-refractivity contribution in [2.24, 2.45) is 0 Å². The molecule has 2 aromatic rings. The van der Waals surface area contributed by atoms with E-state index in [-0.39, 0.29) is 12.1 Å². The van der Waals surface area contributed by atoms with Gasteiger partial charge in [0, 0.05) is 22.8 Å². The van der Waals surface area contributed by atoms with Crippen LogP contribution in [0.5, 0.6) is 0 Å². The molecule has 0 spiro atoms. The standard InChI is InChI=1S/C14H13ClN2O2/c1-2-17-13(12-4-3-7-19-12)10-8-9(15)5-6-11(10)16-14(17)18/h3-8,13H,2H2,1H3,(H,16,18). The monoisotopic (exact) mass is 276 g/mol. The van der Waals surface area contributed by atoms with E-state index < -0.39 is 0 Å². The summed E-state index contributed by atoms with van der Waals surface area (Å²) in [6.45, 7) is 2.52. The predicted octanol–water partition coefficient (Wildman–Crippen LogP) is 3.89. The van der Waals surface area contributed by atoms with Crippen LogP contribution < -0.4 is 5.32 Å². The third kappa shape index (κ3) is 1.98. The highest BCUT2D eigenvalue weighted by Gasteiger charge is 2.34.